The van der Waals surface area contributed by atoms with E-state index in [-0.39, 0.29) is 18.0 Å². The molecule has 0 aliphatic carbocycles. The summed E-state index contributed by atoms with van der Waals surface area (Å²) in [5.74, 6) is 0.177. The summed E-state index contributed by atoms with van der Waals surface area (Å²) < 4.78 is 5.44. The SMILES string of the molecule is O=[N+]([O-])c1ccc(Cl)cc1OCc1ccccc1. The molecule has 2 aromatic rings. The first-order chi connectivity index (χ1) is 8.66. The summed E-state index contributed by atoms with van der Waals surface area (Å²) in [6.07, 6.45) is 0. The van der Waals surface area contributed by atoms with E-state index in [0.717, 1.165) is 5.56 Å². The molecule has 5 heteroatoms. The van der Waals surface area contributed by atoms with Crippen LogP contribution < -0.4 is 4.74 Å². The Balaban J connectivity index is 2.18. The predicted octanol–water partition coefficient (Wildman–Crippen LogP) is 3.83. The van der Waals surface area contributed by atoms with Gasteiger partial charge in [0.15, 0.2) is 5.75 Å². The Morgan fingerprint density at radius 3 is 2.56 bits per heavy atom. The van der Waals surface area contributed by atoms with Gasteiger partial charge in [0.2, 0.25) is 0 Å². The third-order valence-electron chi connectivity index (χ3n) is 2.36. The second kappa shape index (κ2) is 5.51. The smallest absolute Gasteiger partial charge is 0.311 e. The molecule has 0 bridgehead atoms. The average Bonchev–Trinajstić information content (AvgIpc) is 2.37. The van der Waals surface area contributed by atoms with E-state index in [1.54, 1.807) is 0 Å². The largest absolute Gasteiger partial charge is 0.482 e. The summed E-state index contributed by atoms with van der Waals surface area (Å²) >= 11 is 5.80. The molecule has 0 saturated heterocycles. The number of ether oxygens (including phenoxy) is 1. The third-order valence-corrected chi connectivity index (χ3v) is 2.59. The Kier molecular flexibility index (Phi) is 3.79. The fourth-order valence-electron chi connectivity index (χ4n) is 1.49. The monoisotopic (exact) mass is 263 g/mol. The van der Waals surface area contributed by atoms with Gasteiger partial charge in [-0.05, 0) is 11.6 Å². The van der Waals surface area contributed by atoms with Gasteiger partial charge in [0.25, 0.3) is 0 Å². The summed E-state index contributed by atoms with van der Waals surface area (Å²) in [7, 11) is 0. The zero-order valence-corrected chi connectivity index (χ0v) is 10.1. The molecule has 0 aromatic heterocycles. The van der Waals surface area contributed by atoms with Crippen LogP contribution in [0.5, 0.6) is 5.75 Å². The zero-order chi connectivity index (χ0) is 13.0. The lowest BCUT2D eigenvalue weighted by Gasteiger charge is -2.07. The van der Waals surface area contributed by atoms with Gasteiger partial charge in [-0.2, -0.15) is 0 Å². The topological polar surface area (TPSA) is 52.4 Å². The van der Waals surface area contributed by atoms with Crippen molar-refractivity contribution < 1.29 is 9.66 Å². The quantitative estimate of drug-likeness (QED) is 0.622. The van der Waals surface area contributed by atoms with Gasteiger partial charge in [-0.25, -0.2) is 0 Å². The fourth-order valence-corrected chi connectivity index (χ4v) is 1.65. The molecule has 0 spiro atoms. The van der Waals surface area contributed by atoms with Crippen molar-refractivity contribution in [3.8, 4) is 5.75 Å². The lowest BCUT2D eigenvalue weighted by atomic mass is 10.2. The normalized spacial score (nSPS) is 10.1. The van der Waals surface area contributed by atoms with E-state index in [0.29, 0.717) is 5.02 Å². The number of halogens is 1. The number of hydrogen-bond donors (Lipinski definition) is 0. The maximum Gasteiger partial charge on any atom is 0.311 e. The molecule has 0 aliphatic heterocycles. The minimum absolute atomic E-state index is 0.0877. The number of benzene rings is 2. The number of rotatable bonds is 4. The van der Waals surface area contributed by atoms with Crippen LogP contribution in [0.1, 0.15) is 5.56 Å². The molecule has 0 radical (unpaired) electrons. The first kappa shape index (κ1) is 12.4. The van der Waals surface area contributed by atoms with Crippen LogP contribution in [0.25, 0.3) is 0 Å². The lowest BCUT2D eigenvalue weighted by molar-refractivity contribution is -0.385. The van der Waals surface area contributed by atoms with Gasteiger partial charge in [-0.15, -0.1) is 0 Å². The Bertz CT molecular complexity index is 557. The molecule has 0 unspecified atom stereocenters. The molecule has 0 heterocycles. The molecular weight excluding hydrogens is 254 g/mol. The summed E-state index contributed by atoms with van der Waals surface area (Å²) in [5, 5.41) is 11.2. The molecule has 0 fully saturated rings. The fraction of sp³-hybridized carbons (Fsp3) is 0.0769. The van der Waals surface area contributed by atoms with Gasteiger partial charge < -0.3 is 4.74 Å². The lowest BCUT2D eigenvalue weighted by Crippen LogP contribution is -1.98. The predicted molar refractivity (Wildman–Crippen MR) is 68.9 cm³/mol. The van der Waals surface area contributed by atoms with Crippen LogP contribution >= 0.6 is 11.6 Å². The van der Waals surface area contributed by atoms with Gasteiger partial charge in [0.1, 0.15) is 6.61 Å². The highest BCUT2D eigenvalue weighted by atomic mass is 35.5. The third kappa shape index (κ3) is 2.99. The highest BCUT2D eigenvalue weighted by molar-refractivity contribution is 6.30. The first-order valence-corrected chi connectivity index (χ1v) is 5.65. The number of nitro benzene ring substituents is 1. The highest BCUT2D eigenvalue weighted by Gasteiger charge is 2.15. The Labute approximate surface area is 109 Å². The number of nitrogens with zero attached hydrogens (tertiary/aromatic N) is 1. The van der Waals surface area contributed by atoms with Crippen LogP contribution in [0, 0.1) is 10.1 Å². The second-order valence-electron chi connectivity index (χ2n) is 3.64. The Morgan fingerprint density at radius 1 is 1.17 bits per heavy atom. The maximum absolute atomic E-state index is 10.8. The van der Waals surface area contributed by atoms with Crippen molar-refractivity contribution in [1.82, 2.24) is 0 Å². The molecule has 0 atom stereocenters. The van der Waals surface area contributed by atoms with E-state index in [2.05, 4.69) is 0 Å². The highest BCUT2D eigenvalue weighted by Crippen LogP contribution is 2.30. The van der Waals surface area contributed by atoms with E-state index in [1.165, 1.54) is 18.2 Å². The molecule has 0 aliphatic rings. The number of hydrogen-bond acceptors (Lipinski definition) is 3. The molecule has 2 rings (SSSR count). The molecular formula is C13H10ClNO3. The summed E-state index contributed by atoms with van der Waals surface area (Å²) in [6, 6.07) is 13.7. The molecule has 4 nitrogen and oxygen atoms in total. The Morgan fingerprint density at radius 2 is 1.89 bits per heavy atom. The van der Waals surface area contributed by atoms with E-state index in [9.17, 15) is 10.1 Å². The molecule has 0 amide bonds. The second-order valence-corrected chi connectivity index (χ2v) is 4.08. The van der Waals surface area contributed by atoms with Crippen molar-refractivity contribution in [3.05, 3.63) is 69.2 Å². The van der Waals surface area contributed by atoms with Crippen molar-refractivity contribution in [3.63, 3.8) is 0 Å². The van der Waals surface area contributed by atoms with E-state index in [1.807, 2.05) is 30.3 Å². The van der Waals surface area contributed by atoms with E-state index < -0.39 is 4.92 Å². The van der Waals surface area contributed by atoms with Crippen molar-refractivity contribution >= 4 is 17.3 Å². The molecule has 92 valence electrons. The van der Waals surface area contributed by atoms with E-state index in [4.69, 9.17) is 16.3 Å². The van der Waals surface area contributed by atoms with Crippen LogP contribution in [-0.4, -0.2) is 4.92 Å². The van der Waals surface area contributed by atoms with Crippen LogP contribution in [0.15, 0.2) is 48.5 Å². The first-order valence-electron chi connectivity index (χ1n) is 5.27. The van der Waals surface area contributed by atoms with Gasteiger partial charge in [-0.1, -0.05) is 41.9 Å². The van der Waals surface area contributed by atoms with Crippen LogP contribution in [0.3, 0.4) is 0 Å². The minimum atomic E-state index is -0.489. The minimum Gasteiger partial charge on any atom is -0.482 e. The van der Waals surface area contributed by atoms with Gasteiger partial charge in [0, 0.05) is 17.2 Å². The van der Waals surface area contributed by atoms with Gasteiger partial charge in [0.05, 0.1) is 4.92 Å². The van der Waals surface area contributed by atoms with Crippen molar-refractivity contribution in [2.24, 2.45) is 0 Å². The zero-order valence-electron chi connectivity index (χ0n) is 9.38. The average molecular weight is 264 g/mol. The van der Waals surface area contributed by atoms with Gasteiger partial charge >= 0.3 is 5.69 Å². The van der Waals surface area contributed by atoms with E-state index >= 15 is 0 Å². The molecule has 18 heavy (non-hydrogen) atoms. The summed E-state index contributed by atoms with van der Waals surface area (Å²) in [4.78, 5) is 10.3. The van der Waals surface area contributed by atoms with Crippen molar-refractivity contribution in [1.29, 1.82) is 0 Å². The standard InChI is InChI=1S/C13H10ClNO3/c14-11-6-7-12(15(16)17)13(8-11)18-9-10-4-2-1-3-5-10/h1-8H,9H2. The van der Waals surface area contributed by atoms with Gasteiger partial charge in [-0.3, -0.25) is 10.1 Å². The van der Waals surface area contributed by atoms with Crippen LogP contribution in [-0.2, 0) is 6.61 Å². The Hall–Kier alpha value is -2.07. The molecule has 0 saturated carbocycles. The number of nitro groups is 1. The maximum atomic E-state index is 10.8. The van der Waals surface area contributed by atoms with Crippen LogP contribution in [0.2, 0.25) is 5.02 Å². The molecule has 0 N–H and O–H groups in total. The summed E-state index contributed by atoms with van der Waals surface area (Å²) in [6.45, 7) is 0.266. The van der Waals surface area contributed by atoms with Crippen molar-refractivity contribution in [2.45, 2.75) is 6.61 Å². The summed E-state index contributed by atoms with van der Waals surface area (Å²) in [5.41, 5.74) is 0.849. The van der Waals surface area contributed by atoms with Crippen LogP contribution in [0.4, 0.5) is 5.69 Å². The van der Waals surface area contributed by atoms with Crippen molar-refractivity contribution in [2.75, 3.05) is 0 Å². The molecule has 2 aromatic carbocycles.